The molecular weight excluding hydrogens is 350 g/mol. The van der Waals surface area contributed by atoms with Crippen LogP contribution in [0.25, 0.3) is 0 Å². The summed E-state index contributed by atoms with van der Waals surface area (Å²) in [5.41, 5.74) is 0.515. The molecule has 2 saturated carbocycles. The molecule has 1 unspecified atom stereocenters. The average Bonchev–Trinajstić information content (AvgIpc) is 2.65. The smallest absolute Gasteiger partial charge is 0.339 e. The van der Waals surface area contributed by atoms with Crippen molar-refractivity contribution in [3.05, 3.63) is 29.8 Å². The van der Waals surface area contributed by atoms with Crippen LogP contribution in [-0.4, -0.2) is 37.3 Å². The van der Waals surface area contributed by atoms with Crippen molar-refractivity contribution in [1.82, 2.24) is 0 Å². The molecule has 3 rings (SSSR count). The standard InChI is InChI=1S/C20H23NO6/c1-26-20(25)15-7-2-3-8-16(15)21-17(22)11-27-19(24)14-9-12-5-4-6-13(10-14)18(12)23/h2-3,7-8,12-14H,4-6,9-11H2,1H3,(H,21,22)/t12-,13+,14?. The first-order valence-corrected chi connectivity index (χ1v) is 9.17. The summed E-state index contributed by atoms with van der Waals surface area (Å²) in [5, 5.41) is 2.56. The molecule has 1 N–H and O–H groups in total. The van der Waals surface area contributed by atoms with Crippen LogP contribution in [0.15, 0.2) is 24.3 Å². The Kier molecular flexibility index (Phi) is 5.88. The van der Waals surface area contributed by atoms with Crippen LogP contribution in [0.1, 0.15) is 42.5 Å². The van der Waals surface area contributed by atoms with Crippen molar-refractivity contribution in [1.29, 1.82) is 0 Å². The first kappa shape index (κ1) is 19.1. The predicted octanol–water partition coefficient (Wildman–Crippen LogP) is 2.35. The third-order valence-corrected chi connectivity index (χ3v) is 5.33. The van der Waals surface area contributed by atoms with Gasteiger partial charge in [-0.3, -0.25) is 14.4 Å². The van der Waals surface area contributed by atoms with E-state index in [0.717, 1.165) is 19.3 Å². The highest BCUT2D eigenvalue weighted by Gasteiger charge is 2.41. The van der Waals surface area contributed by atoms with Crippen LogP contribution in [0.4, 0.5) is 5.69 Å². The fourth-order valence-corrected chi connectivity index (χ4v) is 3.99. The summed E-state index contributed by atoms with van der Waals surface area (Å²) in [5.74, 6) is -1.67. The van der Waals surface area contributed by atoms with Crippen LogP contribution >= 0.6 is 0 Å². The quantitative estimate of drug-likeness (QED) is 0.796. The zero-order chi connectivity index (χ0) is 19.4. The highest BCUT2D eigenvalue weighted by molar-refractivity contribution is 6.01. The molecule has 0 radical (unpaired) electrons. The van der Waals surface area contributed by atoms with Crippen LogP contribution in [0.3, 0.4) is 0 Å². The minimum atomic E-state index is -0.568. The van der Waals surface area contributed by atoms with E-state index in [2.05, 4.69) is 10.1 Å². The lowest BCUT2D eigenvalue weighted by Gasteiger charge is -2.36. The van der Waals surface area contributed by atoms with Gasteiger partial charge in [-0.2, -0.15) is 0 Å². The topological polar surface area (TPSA) is 98.8 Å². The van der Waals surface area contributed by atoms with Gasteiger partial charge in [-0.1, -0.05) is 18.6 Å². The normalized spacial score (nSPS) is 24.0. The molecule has 2 aliphatic rings. The molecule has 0 spiro atoms. The third-order valence-electron chi connectivity index (χ3n) is 5.33. The minimum Gasteiger partial charge on any atom is -0.465 e. The molecule has 1 amide bonds. The van der Waals surface area contributed by atoms with Gasteiger partial charge in [-0.25, -0.2) is 4.79 Å². The number of amides is 1. The summed E-state index contributed by atoms with van der Waals surface area (Å²) in [6.45, 7) is -0.436. The second-order valence-corrected chi connectivity index (χ2v) is 7.09. The molecule has 7 heteroatoms. The number of nitrogens with one attached hydrogen (secondary N) is 1. The van der Waals surface area contributed by atoms with E-state index < -0.39 is 24.5 Å². The summed E-state index contributed by atoms with van der Waals surface area (Å²) in [6, 6.07) is 6.43. The molecule has 2 fully saturated rings. The van der Waals surface area contributed by atoms with Crippen molar-refractivity contribution in [2.24, 2.45) is 17.8 Å². The Labute approximate surface area is 157 Å². The van der Waals surface area contributed by atoms with Gasteiger partial charge in [-0.15, -0.1) is 0 Å². The zero-order valence-corrected chi connectivity index (χ0v) is 15.2. The van der Waals surface area contributed by atoms with Crippen LogP contribution in [-0.2, 0) is 23.9 Å². The maximum atomic E-state index is 12.3. The maximum absolute atomic E-state index is 12.3. The SMILES string of the molecule is COC(=O)c1ccccc1NC(=O)COC(=O)C1C[C@H]2CCC[C@@H](C1)C2=O. The fraction of sp³-hybridized carbons (Fsp3) is 0.500. The molecule has 2 aliphatic carbocycles. The van der Waals surface area contributed by atoms with Crippen LogP contribution < -0.4 is 5.32 Å². The van der Waals surface area contributed by atoms with E-state index in [9.17, 15) is 19.2 Å². The van der Waals surface area contributed by atoms with Gasteiger partial charge in [0.15, 0.2) is 6.61 Å². The fourth-order valence-electron chi connectivity index (χ4n) is 3.99. The lowest BCUT2D eigenvalue weighted by Crippen LogP contribution is -2.40. The number of ether oxygens (including phenoxy) is 2. The lowest BCUT2D eigenvalue weighted by atomic mass is 9.67. The largest absolute Gasteiger partial charge is 0.465 e. The number of Topliss-reactive ketones (excluding diaryl/α,β-unsaturated/α-hetero) is 1. The molecule has 3 atom stereocenters. The highest BCUT2D eigenvalue weighted by atomic mass is 16.5. The van der Waals surface area contributed by atoms with Crippen molar-refractivity contribution in [3.63, 3.8) is 0 Å². The Balaban J connectivity index is 1.53. The summed E-state index contributed by atoms with van der Waals surface area (Å²) < 4.78 is 9.84. The zero-order valence-electron chi connectivity index (χ0n) is 15.2. The van der Waals surface area contributed by atoms with E-state index in [1.807, 2.05) is 0 Å². The van der Waals surface area contributed by atoms with Crippen molar-refractivity contribution in [2.75, 3.05) is 19.0 Å². The van der Waals surface area contributed by atoms with Crippen LogP contribution in [0.2, 0.25) is 0 Å². The van der Waals surface area contributed by atoms with Gasteiger partial charge in [0.1, 0.15) is 5.78 Å². The molecule has 1 aromatic rings. The molecular formula is C20H23NO6. The average molecular weight is 373 g/mol. The van der Waals surface area contributed by atoms with Gasteiger partial charge in [0.05, 0.1) is 24.3 Å². The number of esters is 2. The number of methoxy groups -OCH3 is 1. The second-order valence-electron chi connectivity index (χ2n) is 7.09. The van der Waals surface area contributed by atoms with Gasteiger partial charge >= 0.3 is 11.9 Å². The van der Waals surface area contributed by atoms with E-state index >= 15 is 0 Å². The Bertz CT molecular complexity index is 743. The van der Waals surface area contributed by atoms with Crippen LogP contribution in [0.5, 0.6) is 0 Å². The van der Waals surface area contributed by atoms with Crippen molar-refractivity contribution >= 4 is 29.3 Å². The van der Waals surface area contributed by atoms with Gasteiger partial charge in [0.25, 0.3) is 5.91 Å². The van der Waals surface area contributed by atoms with Crippen molar-refractivity contribution in [3.8, 4) is 0 Å². The van der Waals surface area contributed by atoms with Crippen molar-refractivity contribution in [2.45, 2.75) is 32.1 Å². The van der Waals surface area contributed by atoms with E-state index in [1.165, 1.54) is 13.2 Å². The van der Waals surface area contributed by atoms with Crippen LogP contribution in [0, 0.1) is 17.8 Å². The number of benzene rings is 1. The minimum absolute atomic E-state index is 0.0455. The Morgan fingerprint density at radius 3 is 2.44 bits per heavy atom. The van der Waals surface area contributed by atoms with E-state index in [-0.39, 0.29) is 29.1 Å². The number of hydrogen-bond acceptors (Lipinski definition) is 6. The number of para-hydroxylation sites is 1. The highest BCUT2D eigenvalue weighted by Crippen LogP contribution is 2.40. The van der Waals surface area contributed by atoms with E-state index in [4.69, 9.17) is 4.74 Å². The number of carbonyl (C=O) groups is 4. The molecule has 0 heterocycles. The van der Waals surface area contributed by atoms with Gasteiger partial charge in [-0.05, 0) is 37.8 Å². The molecule has 0 aliphatic heterocycles. The van der Waals surface area contributed by atoms with E-state index in [0.29, 0.717) is 18.5 Å². The first-order chi connectivity index (χ1) is 13.0. The van der Waals surface area contributed by atoms with Gasteiger partial charge in [0, 0.05) is 11.8 Å². The molecule has 0 aromatic heterocycles. The van der Waals surface area contributed by atoms with Gasteiger partial charge < -0.3 is 14.8 Å². The summed E-state index contributed by atoms with van der Waals surface area (Å²) in [6.07, 6.45) is 3.74. The summed E-state index contributed by atoms with van der Waals surface area (Å²) in [7, 11) is 1.26. The molecule has 27 heavy (non-hydrogen) atoms. The summed E-state index contributed by atoms with van der Waals surface area (Å²) in [4.78, 5) is 48.3. The summed E-state index contributed by atoms with van der Waals surface area (Å²) >= 11 is 0. The molecule has 0 saturated heterocycles. The number of carbonyl (C=O) groups excluding carboxylic acids is 4. The Morgan fingerprint density at radius 2 is 1.78 bits per heavy atom. The molecule has 1 aromatic carbocycles. The number of ketones is 1. The maximum Gasteiger partial charge on any atom is 0.339 e. The Hall–Kier alpha value is -2.70. The number of rotatable bonds is 5. The molecule has 7 nitrogen and oxygen atoms in total. The number of fused-ring (bicyclic) bond motifs is 2. The predicted molar refractivity (Wildman–Crippen MR) is 95.9 cm³/mol. The number of hydrogen-bond donors (Lipinski definition) is 1. The second kappa shape index (κ2) is 8.33. The van der Waals surface area contributed by atoms with Gasteiger partial charge in [0.2, 0.25) is 0 Å². The van der Waals surface area contributed by atoms with Crippen molar-refractivity contribution < 1.29 is 28.7 Å². The third kappa shape index (κ3) is 4.35. The molecule has 2 bridgehead atoms. The Morgan fingerprint density at radius 1 is 1.11 bits per heavy atom. The number of anilines is 1. The first-order valence-electron chi connectivity index (χ1n) is 9.17. The molecule has 144 valence electrons. The lowest BCUT2D eigenvalue weighted by molar-refractivity contribution is -0.155. The monoisotopic (exact) mass is 373 g/mol. The van der Waals surface area contributed by atoms with E-state index in [1.54, 1.807) is 18.2 Å².